The molecule has 0 atom stereocenters. The van der Waals surface area contributed by atoms with E-state index in [0.717, 1.165) is 53.7 Å². The minimum absolute atomic E-state index is 0.0229. The third-order valence-electron chi connectivity index (χ3n) is 25.7. The second-order valence-corrected chi connectivity index (χ2v) is 52.2. The van der Waals surface area contributed by atoms with E-state index in [1.807, 2.05) is 26.0 Å². The Hall–Kier alpha value is -10.2. The summed E-state index contributed by atoms with van der Waals surface area (Å²) in [5.74, 6) is 2.47. The highest BCUT2D eigenvalue weighted by atomic mass is 32.2. The molecule has 9 fully saturated rings. The Labute approximate surface area is 869 Å². The number of carbonyl (C=O) groups excluding carboxylic acids is 6. The first kappa shape index (κ1) is 118. The minimum Gasteiger partial charge on any atom is -0.748 e. The van der Waals surface area contributed by atoms with E-state index in [2.05, 4.69) is 292 Å². The molecule has 32 heteroatoms. The first-order valence-corrected chi connectivity index (χ1v) is 60.2. The van der Waals surface area contributed by atoms with Crippen molar-refractivity contribution < 1.29 is 109 Å². The van der Waals surface area contributed by atoms with E-state index < -0.39 is 101 Å². The molecule has 1 saturated heterocycles. The summed E-state index contributed by atoms with van der Waals surface area (Å²) >= 11 is 0. The molecule has 0 aromatic heterocycles. The van der Waals surface area contributed by atoms with Gasteiger partial charge in [0.15, 0.2) is 44.1 Å². The van der Waals surface area contributed by atoms with Crippen LogP contribution in [0.2, 0.25) is 0 Å². The summed E-state index contributed by atoms with van der Waals surface area (Å²) in [6.07, 6.45) is 20.6. The maximum atomic E-state index is 12.6. The van der Waals surface area contributed by atoms with Crippen molar-refractivity contribution in [2.24, 2.45) is 46.8 Å². The number of esters is 5. The summed E-state index contributed by atoms with van der Waals surface area (Å²) in [5, 5.41) is 0.166. The van der Waals surface area contributed by atoms with Crippen molar-refractivity contribution in [3.8, 4) is 5.75 Å². The number of rotatable bonds is 31. The van der Waals surface area contributed by atoms with Gasteiger partial charge in [-0.15, -0.1) is 0 Å². The lowest BCUT2D eigenvalue weighted by Crippen LogP contribution is -2.58. The zero-order valence-corrected chi connectivity index (χ0v) is 90.7. The van der Waals surface area contributed by atoms with Crippen LogP contribution < -0.4 is 4.74 Å². The standard InChI is InChI=1S/C24H23O2S.C22H23S.C19H17S.C17H27O2S.C13H20O5S.3C6H10O5S/c1-17(2)24(25)26-23-18(3)15-22(16-19(23)4)27(20-11-7-5-8-12-20)21-13-9-6-10-14-21;1-2-3-10-19-15-17-22(18-16-19)23(20-11-6-4-7-12-20)21-13-8-5-9-14-21;1-16-12-14-19(15-13-16)20(17-8-4-2-5-9-17)18-10-6-3-7-11-18;1-17(19-16(18)20-5-3-2-4-6-20)14-8-12-7-13(10-14)11-15(17)9-12;14-12(18-1-2-19(15,16)17)13-6-9-3-10(7-13)5-11(4-9)8-13;3*1-5(2)6(7)11-3-4-12(8,9)10/h5-16H,1H2,2-4H3;4-9,11-18H,2-3,10H2,1H3;2-15H,1H3;12-15H,2-11H2,1H3;9-11H,1-8H2,(H,15,16,17);3*1,3-4H2,2H3,(H,8,9,10)/q4*+1;;;;/p-4. The number of ether oxygens (including phenoxy) is 6. The maximum absolute atomic E-state index is 12.6. The van der Waals surface area contributed by atoms with Crippen molar-refractivity contribution in [3.05, 3.63) is 314 Å². The molecule has 1 aliphatic heterocycles. The van der Waals surface area contributed by atoms with E-state index in [9.17, 15) is 80.6 Å². The fourth-order valence-corrected chi connectivity index (χ4v) is 28.7. The van der Waals surface area contributed by atoms with Crippen LogP contribution in [0, 0.1) is 67.6 Å². The third-order valence-corrected chi connectivity index (χ3v) is 37.1. The molecule has 8 aliphatic carbocycles. The van der Waals surface area contributed by atoms with E-state index in [1.54, 1.807) is 6.92 Å². The van der Waals surface area contributed by atoms with Crippen LogP contribution in [0.5, 0.6) is 5.75 Å². The Bertz CT molecular complexity index is 5920. The van der Waals surface area contributed by atoms with Gasteiger partial charge in [0.2, 0.25) is 0 Å². The van der Waals surface area contributed by atoms with Gasteiger partial charge in [-0.3, -0.25) is 4.79 Å². The molecule has 145 heavy (non-hydrogen) atoms. The number of unbranched alkanes of at least 4 members (excludes halogenated alkanes) is 1. The lowest BCUT2D eigenvalue weighted by molar-refractivity contribution is -0.171. The smallest absolute Gasteiger partial charge is 0.525 e. The monoisotopic (exact) mass is 2130 g/mol. The highest BCUT2D eigenvalue weighted by molar-refractivity contribution is 8.10. The molecular formula is C113H136O24S8. The summed E-state index contributed by atoms with van der Waals surface area (Å²) in [5.41, 5.74) is 5.05. The lowest BCUT2D eigenvalue weighted by Gasteiger charge is -2.58. The Morgan fingerprint density at radius 1 is 0.372 bits per heavy atom. The van der Waals surface area contributed by atoms with Crippen LogP contribution in [-0.2, 0) is 138 Å². The molecule has 0 spiro atoms. The first-order chi connectivity index (χ1) is 68.7. The van der Waals surface area contributed by atoms with Gasteiger partial charge < -0.3 is 46.6 Å². The molecule has 0 amide bonds. The summed E-state index contributed by atoms with van der Waals surface area (Å²) in [4.78, 5) is 80.6. The molecule has 0 N–H and O–H groups in total. The quantitative estimate of drug-likeness (QED) is 0.00972. The molecule has 24 nitrogen and oxygen atoms in total. The van der Waals surface area contributed by atoms with Gasteiger partial charge >= 0.3 is 35.1 Å². The SMILES string of the molecule is C=C(C)C(=O)OCCS(=O)(=O)[O-].C=C(C)C(=O)OCCS(=O)(=O)[O-].C=C(C)C(=O)OCCS(=O)(=O)[O-].C=C(C)C(=O)Oc1c(C)cc([S+](c2ccccc2)c2ccccc2)cc1C.CC1(OC(=O)[S+]2CCCCC2)C2CC3CC(C2)CC1C3.CCCCc1ccc([S+](c2ccccc2)c2ccccc2)cc1.Cc1ccc([S+](c2ccccc2)c2ccccc2)cc1.O=C(OCCS(=O)(=O)[O-])C12CC3CC(CC(C3)C1)C2. The summed E-state index contributed by atoms with van der Waals surface area (Å²) in [7, 11) is -17.6. The number of hydrogen-bond donors (Lipinski definition) is 0. The zero-order chi connectivity index (χ0) is 106. The summed E-state index contributed by atoms with van der Waals surface area (Å²) < 4.78 is 152. The van der Waals surface area contributed by atoms with E-state index in [1.165, 1.54) is 166 Å². The van der Waals surface area contributed by atoms with E-state index in [4.69, 9.17) is 14.2 Å². The van der Waals surface area contributed by atoms with E-state index in [-0.39, 0.29) is 95.2 Å². The van der Waals surface area contributed by atoms with Gasteiger partial charge in [-0.25, -0.2) is 52.8 Å². The third kappa shape index (κ3) is 39.1. The van der Waals surface area contributed by atoms with Gasteiger partial charge in [-0.05, 0) is 313 Å². The van der Waals surface area contributed by atoms with Gasteiger partial charge in [0, 0.05) is 34.4 Å². The van der Waals surface area contributed by atoms with Crippen LogP contribution in [0.4, 0.5) is 4.79 Å². The van der Waals surface area contributed by atoms with Crippen molar-refractivity contribution in [2.45, 2.75) is 221 Å². The van der Waals surface area contributed by atoms with Crippen molar-refractivity contribution in [1.29, 1.82) is 0 Å². The Balaban J connectivity index is 0.000000187. The fourth-order valence-electron chi connectivity index (χ4n) is 19.1. The van der Waals surface area contributed by atoms with Gasteiger partial charge in [0.25, 0.3) is 0 Å². The molecule has 8 bridgehead atoms. The Morgan fingerprint density at radius 2 is 0.655 bits per heavy atom. The average molecular weight is 2130 g/mol. The maximum Gasteiger partial charge on any atom is 0.525 e. The Morgan fingerprint density at radius 3 is 0.952 bits per heavy atom. The van der Waals surface area contributed by atoms with Crippen molar-refractivity contribution in [2.75, 3.05) is 60.9 Å². The topological polar surface area (TPSA) is 387 Å². The molecule has 9 aromatic carbocycles. The molecule has 9 aliphatic rings. The molecule has 1 heterocycles. The first-order valence-electron chi connectivity index (χ1n) is 48.7. The van der Waals surface area contributed by atoms with Gasteiger partial charge in [-0.1, -0.05) is 179 Å². The Kier molecular flexibility index (Phi) is 46.4. The highest BCUT2D eigenvalue weighted by Crippen LogP contribution is 2.62. The normalized spacial score (nSPS) is 19.7. The number of benzene rings is 9. The van der Waals surface area contributed by atoms with Gasteiger partial charge in [-0.2, -0.15) is 4.79 Å². The van der Waals surface area contributed by atoms with Crippen LogP contribution in [0.1, 0.15) is 167 Å². The fraction of sp³-hybridized carbons (Fsp3) is 0.398. The highest BCUT2D eigenvalue weighted by Gasteiger charge is 2.59. The van der Waals surface area contributed by atoms with Crippen LogP contribution in [0.3, 0.4) is 0 Å². The van der Waals surface area contributed by atoms with Crippen LogP contribution in [-0.4, -0.2) is 154 Å². The predicted molar refractivity (Wildman–Crippen MR) is 568 cm³/mol. The minimum atomic E-state index is -4.30. The van der Waals surface area contributed by atoms with Crippen LogP contribution in [0.25, 0.3) is 0 Å². The molecule has 8 saturated carbocycles. The van der Waals surface area contributed by atoms with Crippen molar-refractivity contribution in [1.82, 2.24) is 0 Å². The molecule has 18 rings (SSSR count). The van der Waals surface area contributed by atoms with E-state index in [0.29, 0.717) is 40.9 Å². The molecule has 780 valence electrons. The molecule has 9 aromatic rings. The van der Waals surface area contributed by atoms with Gasteiger partial charge in [0.05, 0.1) is 102 Å². The zero-order valence-electron chi connectivity index (χ0n) is 84.1. The van der Waals surface area contributed by atoms with Crippen LogP contribution >= 0.6 is 0 Å². The summed E-state index contributed by atoms with van der Waals surface area (Å²) in [6.45, 7) is 28.5. The number of carbonyl (C=O) groups is 6. The van der Waals surface area contributed by atoms with Gasteiger partial charge in [0.1, 0.15) is 60.2 Å². The predicted octanol–water partition coefficient (Wildman–Crippen LogP) is 21.5. The molecule has 0 radical (unpaired) electrons. The van der Waals surface area contributed by atoms with Crippen LogP contribution in [0.15, 0.2) is 335 Å². The second kappa shape index (κ2) is 56.8. The molecule has 0 unspecified atom stereocenters. The van der Waals surface area contributed by atoms with Crippen molar-refractivity contribution >= 4 is 119 Å². The number of hydrogen-bond acceptors (Lipinski definition) is 24. The largest absolute Gasteiger partial charge is 0.748 e. The number of aryl methyl sites for hydroxylation is 4. The average Bonchev–Trinajstić information content (AvgIpc) is 0.726. The summed E-state index contributed by atoms with van der Waals surface area (Å²) in [6, 6.07) is 86.5. The lowest BCUT2D eigenvalue weighted by atomic mass is 9.49. The molecular weight excluding hydrogens is 2000 g/mol. The van der Waals surface area contributed by atoms with E-state index >= 15 is 0 Å². The van der Waals surface area contributed by atoms with Crippen molar-refractivity contribution in [3.63, 3.8) is 0 Å². The second-order valence-electron chi connectivity index (χ2n) is 37.8.